The van der Waals surface area contributed by atoms with Crippen molar-refractivity contribution in [3.8, 4) is 17.3 Å². The Morgan fingerprint density at radius 1 is 0.500 bits per heavy atom. The Hall–Kier alpha value is -4.86. The Morgan fingerprint density at radius 2 is 1.06 bits per heavy atom. The molecule has 1 aliphatic rings. The fraction of sp³-hybridized carbons (Fsp3) is 0.357. The van der Waals surface area contributed by atoms with Gasteiger partial charge in [0.2, 0.25) is 0 Å². The molecule has 0 radical (unpaired) electrons. The number of fused-ring (bicyclic) bond motifs is 4. The molecule has 5 aromatic carbocycles. The number of anilines is 4. The van der Waals surface area contributed by atoms with Crippen molar-refractivity contribution in [1.29, 1.82) is 0 Å². The molecule has 62 heavy (non-hydrogen) atoms. The molecule has 7 aromatic rings. The zero-order chi connectivity index (χ0) is 44.0. The molecule has 0 unspecified atom stereocenters. The first-order valence-electron chi connectivity index (χ1n) is 21.8. The molecule has 0 atom stereocenters. The van der Waals surface area contributed by atoms with E-state index in [0.717, 1.165) is 50.6 Å². The van der Waals surface area contributed by atoms with Crippen LogP contribution in [0.5, 0.6) is 11.5 Å². The summed E-state index contributed by atoms with van der Waals surface area (Å²) in [5.74, 6) is 2.12. The molecule has 0 saturated carbocycles. The van der Waals surface area contributed by atoms with Gasteiger partial charge in [0.05, 0.1) is 0 Å². The summed E-state index contributed by atoms with van der Waals surface area (Å²) in [6, 6.07) is 42.9. The van der Waals surface area contributed by atoms with Crippen LogP contribution in [-0.2, 0) is 48.1 Å². The topological polar surface area (TPSA) is 33.5 Å². The first kappa shape index (κ1) is 45.2. The molecule has 1 aliphatic heterocycles. The van der Waals surface area contributed by atoms with Crippen molar-refractivity contribution >= 4 is 44.6 Å². The molecule has 0 saturated heterocycles. The van der Waals surface area contributed by atoms with Crippen molar-refractivity contribution in [3.05, 3.63) is 150 Å². The average Bonchev–Trinajstić information content (AvgIpc) is 3.72. The van der Waals surface area contributed by atoms with E-state index in [4.69, 9.17) is 9.72 Å². The molecular weight excluding hydrogens is 940 g/mol. The molecule has 6 heteroatoms. The summed E-state index contributed by atoms with van der Waals surface area (Å²) in [4.78, 5) is 9.52. The molecule has 0 amide bonds. The van der Waals surface area contributed by atoms with Crippen LogP contribution in [0.15, 0.2) is 103 Å². The molecule has 2 aromatic heterocycles. The van der Waals surface area contributed by atoms with E-state index < -0.39 is 0 Å². The van der Waals surface area contributed by atoms with Gasteiger partial charge in [0, 0.05) is 61.3 Å². The first-order valence-corrected chi connectivity index (χ1v) is 21.8. The van der Waals surface area contributed by atoms with Gasteiger partial charge in [-0.15, -0.1) is 53.6 Å². The van der Waals surface area contributed by atoms with Gasteiger partial charge in [0.15, 0.2) is 0 Å². The van der Waals surface area contributed by atoms with E-state index in [-0.39, 0.29) is 48.1 Å². The van der Waals surface area contributed by atoms with Crippen molar-refractivity contribution in [2.45, 2.75) is 131 Å². The number of hydrogen-bond acceptors (Lipinski definition) is 4. The summed E-state index contributed by atoms with van der Waals surface area (Å²) in [6.07, 6.45) is 1.92. The molecule has 5 nitrogen and oxygen atoms in total. The van der Waals surface area contributed by atoms with Gasteiger partial charge in [-0.1, -0.05) is 140 Å². The van der Waals surface area contributed by atoms with Crippen molar-refractivity contribution in [2.75, 3.05) is 9.80 Å². The van der Waals surface area contributed by atoms with Crippen molar-refractivity contribution in [3.63, 3.8) is 0 Å². The van der Waals surface area contributed by atoms with Gasteiger partial charge in [-0.25, -0.2) is 4.98 Å². The van der Waals surface area contributed by atoms with Gasteiger partial charge in [0.25, 0.3) is 0 Å². The van der Waals surface area contributed by atoms with Crippen LogP contribution in [0.4, 0.5) is 22.7 Å². The molecular formula is C56H63N4OPt-3. The minimum Gasteiger partial charge on any atom is -0.509 e. The van der Waals surface area contributed by atoms with E-state index in [1.807, 2.05) is 12.3 Å². The molecule has 0 aliphatic carbocycles. The molecule has 0 N–H and O–H groups in total. The third-order valence-electron chi connectivity index (χ3n) is 12.1. The van der Waals surface area contributed by atoms with E-state index in [9.17, 15) is 0 Å². The van der Waals surface area contributed by atoms with E-state index >= 15 is 0 Å². The van der Waals surface area contributed by atoms with Gasteiger partial charge in [-0.3, -0.25) is 0 Å². The number of pyridine rings is 1. The second-order valence-corrected chi connectivity index (χ2v) is 22.1. The molecule has 0 spiro atoms. The predicted molar refractivity (Wildman–Crippen MR) is 258 cm³/mol. The second-order valence-electron chi connectivity index (χ2n) is 22.1. The summed E-state index contributed by atoms with van der Waals surface area (Å²) in [5, 5.41) is 2.28. The minimum atomic E-state index is -0.155. The predicted octanol–water partition coefficient (Wildman–Crippen LogP) is 15.5. The molecule has 3 heterocycles. The number of rotatable bonds is 5. The average molecular weight is 1000 g/mol. The largest absolute Gasteiger partial charge is 0.509 e. The molecule has 326 valence electrons. The maximum atomic E-state index is 6.87. The summed E-state index contributed by atoms with van der Waals surface area (Å²) in [6.45, 7) is 36.2. The zero-order valence-electron chi connectivity index (χ0n) is 39.4. The van der Waals surface area contributed by atoms with Crippen molar-refractivity contribution < 1.29 is 25.8 Å². The van der Waals surface area contributed by atoms with Crippen LogP contribution in [0.1, 0.15) is 132 Å². The molecule has 0 bridgehead atoms. The maximum absolute atomic E-state index is 6.87. The molecule has 8 rings (SSSR count). The van der Waals surface area contributed by atoms with Crippen LogP contribution in [0.3, 0.4) is 0 Å². The van der Waals surface area contributed by atoms with E-state index in [0.29, 0.717) is 11.5 Å². The zero-order valence-corrected chi connectivity index (χ0v) is 41.7. The maximum Gasteiger partial charge on any atom is 0.135 e. The minimum absolute atomic E-state index is 0. The van der Waals surface area contributed by atoms with Crippen LogP contribution in [0, 0.1) is 18.8 Å². The summed E-state index contributed by atoms with van der Waals surface area (Å²) < 4.78 is 9.11. The van der Waals surface area contributed by atoms with Gasteiger partial charge < -0.3 is 19.1 Å². The van der Waals surface area contributed by atoms with E-state index in [1.54, 1.807) is 0 Å². The third kappa shape index (κ3) is 8.72. The number of benzene rings is 5. The monoisotopic (exact) mass is 1000 g/mol. The standard InChI is InChI=1S/C56H63N4O.Pt/c1-52(2,3)36-20-23-47-46(31-36)45-22-21-43(34-50(45)60(47)51-32-37(24-25-57-51)53(4,5)6)61-44-30-40(56(13,14)15)29-42(33-44)59-35-58(48-18-16-17-19-49(48)59)41-27-38(54(7,8)9)26-39(28-41)55(10,11)12;/h16-32,35H,1-15H3;/q-3;. The Morgan fingerprint density at radius 3 is 1.66 bits per heavy atom. The SMILES string of the molecule is CC(C)(C)c1cc(Oc2[c-]c3c(cc2)c2cc(C(C)(C)C)ccc2n3-c2cc(C(C)(C)C)ccn2)[c-]c(N2[CH-]N(c3cc(C(C)(C)C)cc(C(C)(C)C)c3)c3ccccc32)c1.[Pt]. The van der Waals surface area contributed by atoms with Gasteiger partial charge in [0.1, 0.15) is 5.82 Å². The third-order valence-corrected chi connectivity index (χ3v) is 12.1. The summed E-state index contributed by atoms with van der Waals surface area (Å²) >= 11 is 0. The Balaban J connectivity index is 0.00000578. The number of para-hydroxylation sites is 2. The van der Waals surface area contributed by atoms with Gasteiger partial charge in [-0.05, 0) is 97.2 Å². The van der Waals surface area contributed by atoms with Gasteiger partial charge >= 0.3 is 0 Å². The fourth-order valence-electron chi connectivity index (χ4n) is 8.09. The number of nitrogens with zero attached hydrogens (tertiary/aromatic N) is 4. The second kappa shape index (κ2) is 15.7. The van der Waals surface area contributed by atoms with Crippen LogP contribution in [0.25, 0.3) is 27.6 Å². The first-order chi connectivity index (χ1) is 28.4. The van der Waals surface area contributed by atoms with Crippen LogP contribution in [-0.4, -0.2) is 9.55 Å². The number of hydrogen-bond donors (Lipinski definition) is 0. The summed E-state index contributed by atoms with van der Waals surface area (Å²) in [5.41, 5.74) is 12.4. The quantitative estimate of drug-likeness (QED) is 0.161. The fourth-order valence-corrected chi connectivity index (χ4v) is 8.09. The number of aromatic nitrogens is 2. The van der Waals surface area contributed by atoms with Crippen LogP contribution in [0.2, 0.25) is 0 Å². The number of ether oxygens (including phenoxy) is 1. The van der Waals surface area contributed by atoms with Gasteiger partial charge in [-0.2, -0.15) is 6.07 Å². The Bertz CT molecular complexity index is 2760. The van der Waals surface area contributed by atoms with E-state index in [1.165, 1.54) is 27.6 Å². The van der Waals surface area contributed by atoms with Crippen LogP contribution < -0.4 is 14.5 Å². The summed E-state index contributed by atoms with van der Waals surface area (Å²) in [7, 11) is 0. The van der Waals surface area contributed by atoms with E-state index in [2.05, 4.69) is 228 Å². The smallest absolute Gasteiger partial charge is 0.135 e. The van der Waals surface area contributed by atoms with Crippen molar-refractivity contribution in [2.24, 2.45) is 0 Å². The Kier molecular flexibility index (Phi) is 11.5. The molecule has 0 fully saturated rings. The Labute approximate surface area is 385 Å². The normalized spacial score (nSPS) is 13.8. The van der Waals surface area contributed by atoms with Crippen molar-refractivity contribution in [1.82, 2.24) is 9.55 Å². The van der Waals surface area contributed by atoms with Crippen LogP contribution >= 0.6 is 0 Å².